The van der Waals surface area contributed by atoms with Crippen molar-refractivity contribution in [2.24, 2.45) is 15.3 Å². The average Bonchev–Trinajstić information content (AvgIpc) is 2.70. The number of nitrogens with one attached hydrogen (secondary N) is 1. The molecule has 0 aliphatic heterocycles. The third-order valence-electron chi connectivity index (χ3n) is 3.34. The van der Waals surface area contributed by atoms with Crippen molar-refractivity contribution in [3.8, 4) is 0 Å². The van der Waals surface area contributed by atoms with E-state index in [0.717, 1.165) is 15.8 Å². The number of nitrogens with zero attached hydrogens (tertiary/aromatic N) is 3. The van der Waals surface area contributed by atoms with Crippen LogP contribution in [0, 0.1) is 0 Å². The summed E-state index contributed by atoms with van der Waals surface area (Å²) in [5, 5.41) is 12.7. The zero-order chi connectivity index (χ0) is 18.0. The van der Waals surface area contributed by atoms with Crippen LogP contribution in [-0.2, 0) is 27.7 Å². The predicted octanol–water partition coefficient (Wildman–Crippen LogP) is 5.26. The number of rotatable bonds is 5. The van der Waals surface area contributed by atoms with E-state index in [-0.39, 0.29) is 6.02 Å². The summed E-state index contributed by atoms with van der Waals surface area (Å²) in [5.41, 5.74) is 4.58. The maximum absolute atomic E-state index is 5.95. The molecule has 1 N–H and O–H groups in total. The van der Waals surface area contributed by atoms with Crippen LogP contribution in [-0.4, -0.2) is 6.02 Å². The summed E-state index contributed by atoms with van der Waals surface area (Å²) >= 11 is 1.60. The van der Waals surface area contributed by atoms with Crippen molar-refractivity contribution in [2.45, 2.75) is 0 Å². The molecular weight excluding hydrogens is 581 g/mol. The van der Waals surface area contributed by atoms with Gasteiger partial charge in [-0.1, -0.05) is 0 Å². The Bertz CT molecular complexity index is 871. The zero-order valence-electron chi connectivity index (χ0n) is 13.9. The van der Waals surface area contributed by atoms with Crippen LogP contribution in [0.25, 0.3) is 0 Å². The molecule has 0 unspecified atom stereocenters. The molecule has 0 saturated heterocycles. The Balaban J connectivity index is 1.71. The first-order chi connectivity index (χ1) is 12.8. The molecule has 0 atom stereocenters. The molecule has 3 aromatic rings. The number of azo groups is 1. The summed E-state index contributed by atoms with van der Waals surface area (Å²) in [6, 6.07) is 27.6. The Morgan fingerprint density at radius 2 is 1.50 bits per heavy atom. The number of hydrogen-bond acceptors (Lipinski definition) is 4. The van der Waals surface area contributed by atoms with Gasteiger partial charge in [0.1, 0.15) is 0 Å². The van der Waals surface area contributed by atoms with Crippen molar-refractivity contribution < 1.29 is 27.7 Å². The van der Waals surface area contributed by atoms with Gasteiger partial charge in [-0.05, 0) is 0 Å². The number of anilines is 1. The van der Waals surface area contributed by atoms with Gasteiger partial charge >= 0.3 is 174 Å². The fourth-order valence-electron chi connectivity index (χ4n) is 2.03. The van der Waals surface area contributed by atoms with Crippen LogP contribution < -0.4 is 8.50 Å². The second-order valence-electron chi connectivity index (χ2n) is 5.32. The zero-order valence-corrected chi connectivity index (χ0v) is 21.0. The van der Waals surface area contributed by atoms with Crippen molar-refractivity contribution in [1.82, 2.24) is 0 Å². The second-order valence-corrected chi connectivity index (χ2v) is 11.7. The fourth-order valence-corrected chi connectivity index (χ4v) is 5.59. The van der Waals surface area contributed by atoms with Crippen molar-refractivity contribution in [2.75, 3.05) is 5.43 Å². The van der Waals surface area contributed by atoms with Gasteiger partial charge in [0.2, 0.25) is 0 Å². The summed E-state index contributed by atoms with van der Waals surface area (Å²) in [6.45, 7) is 0. The van der Waals surface area contributed by atoms with E-state index in [1.54, 1.807) is 0 Å². The average molecular weight is 596 g/mol. The number of amidine groups is 1. The van der Waals surface area contributed by atoms with Gasteiger partial charge in [0, 0.05) is 0 Å². The molecule has 0 heterocycles. The summed E-state index contributed by atoms with van der Waals surface area (Å²) < 4.78 is 8.23. The van der Waals surface area contributed by atoms with Gasteiger partial charge in [0.25, 0.3) is 0 Å². The molecule has 0 aromatic heterocycles. The summed E-state index contributed by atoms with van der Waals surface area (Å²) in [7, 11) is 0. The molecule has 0 amide bonds. The van der Waals surface area contributed by atoms with Gasteiger partial charge in [-0.2, -0.15) is 0 Å². The molecule has 0 aliphatic carbocycles. The Morgan fingerprint density at radius 1 is 0.846 bits per heavy atom. The molecule has 26 heavy (non-hydrogen) atoms. The van der Waals surface area contributed by atoms with Gasteiger partial charge in [-0.3, -0.25) is 0 Å². The van der Waals surface area contributed by atoms with E-state index in [1.165, 1.54) is 3.07 Å². The Labute approximate surface area is 173 Å². The third-order valence-corrected chi connectivity index (χ3v) is 8.56. The molecular formula is C19H15BrHgN4O. The predicted molar refractivity (Wildman–Crippen MR) is 103 cm³/mol. The standard InChI is InChI=1S/C13H12N4O.C6H4Br.Hg/c18-13(16-14-11-7-3-1-4-8-11)17-15-12-9-5-2-6-10-12;7-6-4-2-1-3-5-6;/h1-10,14H,(H,16,18);2-5H;/q;;+1/p-1. The Morgan fingerprint density at radius 3 is 2.19 bits per heavy atom. The van der Waals surface area contributed by atoms with E-state index in [9.17, 15) is 0 Å². The van der Waals surface area contributed by atoms with Gasteiger partial charge in [0.15, 0.2) is 0 Å². The van der Waals surface area contributed by atoms with Gasteiger partial charge in [-0.25, -0.2) is 0 Å². The van der Waals surface area contributed by atoms with Crippen LogP contribution in [0.1, 0.15) is 0 Å². The number of halogens is 1. The van der Waals surface area contributed by atoms with Crippen molar-refractivity contribution in [3.63, 3.8) is 0 Å². The topological polar surface area (TPSA) is 58.3 Å². The first-order valence-electron chi connectivity index (χ1n) is 8.02. The summed E-state index contributed by atoms with van der Waals surface area (Å²) in [4.78, 5) is 0. The van der Waals surface area contributed by atoms with Crippen LogP contribution in [0.3, 0.4) is 0 Å². The molecule has 5 nitrogen and oxygen atoms in total. The van der Waals surface area contributed by atoms with E-state index in [0.29, 0.717) is 0 Å². The normalized spacial score (nSPS) is 11.2. The summed E-state index contributed by atoms with van der Waals surface area (Å²) in [6.07, 6.45) is 0. The molecule has 0 spiro atoms. The third kappa shape index (κ3) is 6.35. The Kier molecular flexibility index (Phi) is 7.33. The second kappa shape index (κ2) is 10.2. The number of benzene rings is 3. The van der Waals surface area contributed by atoms with Gasteiger partial charge < -0.3 is 0 Å². The number of hydrogen-bond donors (Lipinski definition) is 1. The molecule has 7 heteroatoms. The van der Waals surface area contributed by atoms with E-state index in [4.69, 9.17) is 2.64 Å². The van der Waals surface area contributed by atoms with E-state index in [1.807, 2.05) is 72.8 Å². The molecule has 0 radical (unpaired) electrons. The first kappa shape index (κ1) is 18.7. The van der Waals surface area contributed by atoms with Crippen LogP contribution in [0.5, 0.6) is 0 Å². The van der Waals surface area contributed by atoms with Crippen molar-refractivity contribution in [3.05, 3.63) is 89.4 Å². The van der Waals surface area contributed by atoms with Crippen molar-refractivity contribution >= 4 is 36.4 Å². The maximum atomic E-state index is 5.95. The molecule has 3 rings (SSSR count). The molecule has 3 aromatic carbocycles. The SMILES string of the molecule is Brc1cc[c]([Hg][O]/C(N=Nc2ccccc2)=N\Nc2ccccc2)cc1. The van der Waals surface area contributed by atoms with Crippen LogP contribution in [0.15, 0.2) is 105 Å². The van der Waals surface area contributed by atoms with Crippen LogP contribution in [0.2, 0.25) is 0 Å². The summed E-state index contributed by atoms with van der Waals surface area (Å²) in [5.74, 6) is 0. The fraction of sp³-hybridized carbons (Fsp3) is 0. The van der Waals surface area contributed by atoms with Crippen molar-refractivity contribution in [1.29, 1.82) is 0 Å². The van der Waals surface area contributed by atoms with Crippen LogP contribution >= 0.6 is 15.9 Å². The van der Waals surface area contributed by atoms with E-state index in [2.05, 4.69) is 48.8 Å². The minimum atomic E-state index is -1.84. The molecule has 0 fully saturated rings. The monoisotopic (exact) mass is 596 g/mol. The number of hydrazone groups is 1. The number of para-hydroxylation sites is 1. The molecule has 126 valence electrons. The van der Waals surface area contributed by atoms with E-state index < -0.39 is 25.0 Å². The minimum absolute atomic E-state index is 0.252. The van der Waals surface area contributed by atoms with E-state index >= 15 is 0 Å². The van der Waals surface area contributed by atoms with Gasteiger partial charge in [-0.15, -0.1) is 0 Å². The molecule has 0 saturated carbocycles. The Hall–Kier alpha value is -2.05. The quantitative estimate of drug-likeness (QED) is 0.144. The molecule has 0 bridgehead atoms. The first-order valence-corrected chi connectivity index (χ1v) is 13.8. The molecule has 0 aliphatic rings. The van der Waals surface area contributed by atoms with Crippen LogP contribution in [0.4, 0.5) is 11.4 Å². The van der Waals surface area contributed by atoms with Gasteiger partial charge in [0.05, 0.1) is 0 Å².